The summed E-state index contributed by atoms with van der Waals surface area (Å²) in [6, 6.07) is 0. The SMILES string of the molecule is CCCNc1nnc(C(=O)N2CCC(OC)C2)s1. The van der Waals surface area contributed by atoms with Gasteiger partial charge >= 0.3 is 0 Å². The minimum atomic E-state index is -0.0448. The summed E-state index contributed by atoms with van der Waals surface area (Å²) in [6.45, 7) is 4.30. The highest BCUT2D eigenvalue weighted by molar-refractivity contribution is 7.17. The summed E-state index contributed by atoms with van der Waals surface area (Å²) in [5.74, 6) is -0.0448. The van der Waals surface area contributed by atoms with Crippen LogP contribution < -0.4 is 5.32 Å². The van der Waals surface area contributed by atoms with E-state index in [4.69, 9.17) is 4.74 Å². The van der Waals surface area contributed by atoms with Crippen molar-refractivity contribution in [2.45, 2.75) is 25.9 Å². The average Bonchev–Trinajstić information content (AvgIpc) is 3.04. The zero-order valence-electron chi connectivity index (χ0n) is 10.7. The molecular weight excluding hydrogens is 252 g/mol. The second-order valence-corrected chi connectivity index (χ2v) is 5.21. The quantitative estimate of drug-likeness (QED) is 0.871. The van der Waals surface area contributed by atoms with Crippen molar-refractivity contribution in [3.05, 3.63) is 5.01 Å². The van der Waals surface area contributed by atoms with Gasteiger partial charge < -0.3 is 15.0 Å². The summed E-state index contributed by atoms with van der Waals surface area (Å²) < 4.78 is 5.25. The van der Waals surface area contributed by atoms with Crippen molar-refractivity contribution in [3.8, 4) is 0 Å². The molecule has 0 aromatic carbocycles. The Morgan fingerprint density at radius 3 is 3.11 bits per heavy atom. The van der Waals surface area contributed by atoms with E-state index < -0.39 is 0 Å². The second-order valence-electron chi connectivity index (χ2n) is 4.24. The van der Waals surface area contributed by atoms with E-state index in [-0.39, 0.29) is 12.0 Å². The minimum absolute atomic E-state index is 0.0448. The zero-order chi connectivity index (χ0) is 13.0. The van der Waals surface area contributed by atoms with E-state index in [1.807, 2.05) is 0 Å². The van der Waals surface area contributed by atoms with Crippen LogP contribution in [-0.4, -0.2) is 53.9 Å². The predicted molar refractivity (Wildman–Crippen MR) is 70.0 cm³/mol. The molecule has 1 aromatic rings. The molecule has 2 heterocycles. The summed E-state index contributed by atoms with van der Waals surface area (Å²) in [4.78, 5) is 13.9. The van der Waals surface area contributed by atoms with Crippen LogP contribution in [0.1, 0.15) is 29.6 Å². The van der Waals surface area contributed by atoms with Gasteiger partial charge in [0.2, 0.25) is 10.1 Å². The fraction of sp³-hybridized carbons (Fsp3) is 0.727. The van der Waals surface area contributed by atoms with Gasteiger partial charge in [-0.15, -0.1) is 10.2 Å². The van der Waals surface area contributed by atoms with Crippen LogP contribution in [0.3, 0.4) is 0 Å². The van der Waals surface area contributed by atoms with Crippen LogP contribution in [0.25, 0.3) is 0 Å². The van der Waals surface area contributed by atoms with Crippen LogP contribution in [0.4, 0.5) is 5.13 Å². The van der Waals surface area contributed by atoms with Crippen molar-refractivity contribution in [2.75, 3.05) is 32.1 Å². The molecule has 1 aliphatic rings. The topological polar surface area (TPSA) is 67.4 Å². The largest absolute Gasteiger partial charge is 0.380 e. The first-order valence-electron chi connectivity index (χ1n) is 6.14. The Bertz CT molecular complexity index is 410. The third-order valence-electron chi connectivity index (χ3n) is 2.90. The highest BCUT2D eigenvalue weighted by atomic mass is 32.1. The van der Waals surface area contributed by atoms with E-state index in [0.717, 1.165) is 25.9 Å². The number of aromatic nitrogens is 2. The normalized spacial score (nSPS) is 19.2. The number of amides is 1. The van der Waals surface area contributed by atoms with Crippen molar-refractivity contribution in [1.29, 1.82) is 0 Å². The summed E-state index contributed by atoms with van der Waals surface area (Å²) in [5.41, 5.74) is 0. The van der Waals surface area contributed by atoms with Crippen molar-refractivity contribution in [1.82, 2.24) is 15.1 Å². The number of likely N-dealkylation sites (tertiary alicyclic amines) is 1. The first-order valence-corrected chi connectivity index (χ1v) is 6.95. The van der Waals surface area contributed by atoms with Gasteiger partial charge in [-0.3, -0.25) is 4.79 Å². The number of nitrogens with zero attached hydrogens (tertiary/aromatic N) is 3. The van der Waals surface area contributed by atoms with Gasteiger partial charge in [-0.25, -0.2) is 0 Å². The highest BCUT2D eigenvalue weighted by Gasteiger charge is 2.28. The van der Waals surface area contributed by atoms with E-state index >= 15 is 0 Å². The molecule has 1 unspecified atom stereocenters. The Labute approximate surface area is 110 Å². The molecule has 1 N–H and O–H groups in total. The van der Waals surface area contributed by atoms with Gasteiger partial charge in [-0.1, -0.05) is 18.3 Å². The summed E-state index contributed by atoms with van der Waals surface area (Å²) in [7, 11) is 1.68. The first kappa shape index (κ1) is 13.2. The van der Waals surface area contributed by atoms with Crippen molar-refractivity contribution >= 4 is 22.4 Å². The number of hydrogen-bond donors (Lipinski definition) is 1. The number of ether oxygens (including phenoxy) is 1. The molecule has 1 aromatic heterocycles. The second kappa shape index (κ2) is 6.10. The Balaban J connectivity index is 1.94. The first-order chi connectivity index (χ1) is 8.74. The molecule has 1 amide bonds. The smallest absolute Gasteiger partial charge is 0.284 e. The molecule has 0 aliphatic carbocycles. The number of hydrogen-bond acceptors (Lipinski definition) is 6. The zero-order valence-corrected chi connectivity index (χ0v) is 11.5. The minimum Gasteiger partial charge on any atom is -0.380 e. The fourth-order valence-electron chi connectivity index (χ4n) is 1.85. The summed E-state index contributed by atoms with van der Waals surface area (Å²) in [6.07, 6.45) is 2.06. The predicted octanol–water partition coefficient (Wildman–Crippen LogP) is 1.22. The van der Waals surface area contributed by atoms with Gasteiger partial charge in [0.1, 0.15) is 0 Å². The molecule has 0 bridgehead atoms. The molecule has 0 radical (unpaired) electrons. The van der Waals surface area contributed by atoms with Crippen LogP contribution in [-0.2, 0) is 4.74 Å². The maximum Gasteiger partial charge on any atom is 0.284 e. The number of methoxy groups -OCH3 is 1. The van der Waals surface area contributed by atoms with Gasteiger partial charge in [0.05, 0.1) is 6.10 Å². The van der Waals surface area contributed by atoms with E-state index in [2.05, 4.69) is 22.4 Å². The standard InChI is InChI=1S/C11H18N4O2S/c1-3-5-12-11-14-13-9(18-11)10(16)15-6-4-8(7-15)17-2/h8H,3-7H2,1-2H3,(H,12,14). The molecule has 7 heteroatoms. The number of nitrogens with one attached hydrogen (secondary N) is 1. The molecule has 2 rings (SSSR count). The molecule has 1 fully saturated rings. The van der Waals surface area contributed by atoms with Crippen LogP contribution in [0.15, 0.2) is 0 Å². The number of anilines is 1. The summed E-state index contributed by atoms with van der Waals surface area (Å²) >= 11 is 1.31. The number of rotatable bonds is 5. The van der Waals surface area contributed by atoms with Gasteiger partial charge in [-0.2, -0.15) is 0 Å². The van der Waals surface area contributed by atoms with E-state index in [1.165, 1.54) is 11.3 Å². The maximum absolute atomic E-state index is 12.1. The Morgan fingerprint density at radius 1 is 1.61 bits per heavy atom. The lowest BCUT2D eigenvalue weighted by atomic mass is 10.3. The molecule has 6 nitrogen and oxygen atoms in total. The molecule has 1 saturated heterocycles. The van der Waals surface area contributed by atoms with Crippen LogP contribution in [0.2, 0.25) is 0 Å². The van der Waals surface area contributed by atoms with Crippen molar-refractivity contribution in [2.24, 2.45) is 0 Å². The van der Waals surface area contributed by atoms with E-state index in [9.17, 15) is 4.79 Å². The molecule has 1 atom stereocenters. The lowest BCUT2D eigenvalue weighted by molar-refractivity contribution is 0.0723. The van der Waals surface area contributed by atoms with Gasteiger partial charge in [0, 0.05) is 26.7 Å². The maximum atomic E-state index is 12.1. The lowest BCUT2D eigenvalue weighted by Gasteiger charge is -2.13. The number of carbonyl (C=O) groups is 1. The third kappa shape index (κ3) is 2.97. The summed E-state index contributed by atoms with van der Waals surface area (Å²) in [5, 5.41) is 12.2. The molecular formula is C11H18N4O2S. The monoisotopic (exact) mass is 270 g/mol. The van der Waals surface area contributed by atoms with Crippen LogP contribution in [0.5, 0.6) is 0 Å². The van der Waals surface area contributed by atoms with Gasteiger partial charge in [-0.05, 0) is 12.8 Å². The highest BCUT2D eigenvalue weighted by Crippen LogP contribution is 2.20. The van der Waals surface area contributed by atoms with Crippen molar-refractivity contribution in [3.63, 3.8) is 0 Å². The van der Waals surface area contributed by atoms with Gasteiger partial charge in [0.25, 0.3) is 5.91 Å². The molecule has 100 valence electrons. The third-order valence-corrected chi connectivity index (χ3v) is 3.77. The number of carbonyl (C=O) groups excluding carboxylic acids is 1. The van der Waals surface area contributed by atoms with Gasteiger partial charge in [0.15, 0.2) is 0 Å². The van der Waals surface area contributed by atoms with Crippen LogP contribution in [0, 0.1) is 0 Å². The average molecular weight is 270 g/mol. The Kier molecular flexibility index (Phi) is 4.48. The van der Waals surface area contributed by atoms with Crippen molar-refractivity contribution < 1.29 is 9.53 Å². The lowest BCUT2D eigenvalue weighted by Crippen LogP contribution is -2.29. The molecule has 1 aliphatic heterocycles. The van der Waals surface area contributed by atoms with E-state index in [0.29, 0.717) is 16.7 Å². The van der Waals surface area contributed by atoms with Crippen LogP contribution >= 0.6 is 11.3 Å². The fourth-order valence-corrected chi connectivity index (χ4v) is 2.59. The Morgan fingerprint density at radius 2 is 2.44 bits per heavy atom. The Hall–Kier alpha value is -1.21. The molecule has 0 saturated carbocycles. The van der Waals surface area contributed by atoms with E-state index in [1.54, 1.807) is 12.0 Å². The molecule has 0 spiro atoms. The molecule has 18 heavy (non-hydrogen) atoms.